The van der Waals surface area contributed by atoms with Crippen LogP contribution in [0.2, 0.25) is 0 Å². The molecule has 1 aliphatic rings. The first kappa shape index (κ1) is 11.7. The summed E-state index contributed by atoms with van der Waals surface area (Å²) in [5.41, 5.74) is 2.26. The van der Waals surface area contributed by atoms with Gasteiger partial charge in [0.05, 0.1) is 18.8 Å². The molecule has 1 aliphatic heterocycles. The Bertz CT molecular complexity index is 426. The van der Waals surface area contributed by atoms with Crippen molar-refractivity contribution in [3.8, 4) is 0 Å². The van der Waals surface area contributed by atoms with E-state index >= 15 is 0 Å². The van der Waals surface area contributed by atoms with E-state index in [0.29, 0.717) is 25.1 Å². The highest BCUT2D eigenvalue weighted by atomic mass is 16.5. The van der Waals surface area contributed by atoms with E-state index in [-0.39, 0.29) is 6.61 Å². The molecular formula is C13H15NO3. The van der Waals surface area contributed by atoms with Crippen molar-refractivity contribution >= 4 is 5.97 Å². The van der Waals surface area contributed by atoms with Crippen LogP contribution in [-0.2, 0) is 16.1 Å². The molecule has 0 atom stereocenters. The van der Waals surface area contributed by atoms with Gasteiger partial charge in [0.2, 0.25) is 0 Å². The zero-order chi connectivity index (χ0) is 12.1. The highest BCUT2D eigenvalue weighted by molar-refractivity contribution is 5.87. The standard InChI is InChI=1S/C13H15NO3/c15-13(16)11-9-17-7-6-12(11)14-8-10-4-2-1-3-5-10/h1-5,14H,6-9H2,(H,15,16). The Labute approximate surface area is 99.9 Å². The number of hydrogen-bond acceptors (Lipinski definition) is 3. The first-order chi connectivity index (χ1) is 8.27. The fourth-order valence-electron chi connectivity index (χ4n) is 1.78. The zero-order valence-corrected chi connectivity index (χ0v) is 9.48. The maximum Gasteiger partial charge on any atom is 0.335 e. The molecular weight excluding hydrogens is 218 g/mol. The highest BCUT2D eigenvalue weighted by Crippen LogP contribution is 2.14. The van der Waals surface area contributed by atoms with E-state index in [9.17, 15) is 4.79 Å². The average Bonchev–Trinajstić information content (AvgIpc) is 2.38. The zero-order valence-electron chi connectivity index (χ0n) is 9.48. The van der Waals surface area contributed by atoms with Crippen LogP contribution in [0.5, 0.6) is 0 Å². The third kappa shape index (κ3) is 3.07. The van der Waals surface area contributed by atoms with Gasteiger partial charge in [0.25, 0.3) is 0 Å². The van der Waals surface area contributed by atoms with Gasteiger partial charge in [-0.25, -0.2) is 4.79 Å². The highest BCUT2D eigenvalue weighted by Gasteiger charge is 2.18. The summed E-state index contributed by atoms with van der Waals surface area (Å²) >= 11 is 0. The quantitative estimate of drug-likeness (QED) is 0.828. The number of rotatable bonds is 4. The van der Waals surface area contributed by atoms with Gasteiger partial charge in [-0.3, -0.25) is 0 Å². The van der Waals surface area contributed by atoms with Gasteiger partial charge in [-0.2, -0.15) is 0 Å². The monoisotopic (exact) mass is 233 g/mol. The lowest BCUT2D eigenvalue weighted by Crippen LogP contribution is -2.25. The summed E-state index contributed by atoms with van der Waals surface area (Å²) in [6, 6.07) is 9.90. The van der Waals surface area contributed by atoms with E-state index in [1.165, 1.54) is 0 Å². The van der Waals surface area contributed by atoms with Crippen molar-refractivity contribution in [2.45, 2.75) is 13.0 Å². The molecule has 0 saturated heterocycles. The summed E-state index contributed by atoms with van der Waals surface area (Å²) in [4.78, 5) is 11.0. The molecule has 2 N–H and O–H groups in total. The van der Waals surface area contributed by atoms with Crippen LogP contribution in [0, 0.1) is 0 Å². The maximum absolute atomic E-state index is 11.0. The van der Waals surface area contributed by atoms with Gasteiger partial charge in [-0.05, 0) is 5.56 Å². The predicted octanol–water partition coefficient (Wildman–Crippen LogP) is 1.54. The number of ether oxygens (including phenoxy) is 1. The SMILES string of the molecule is O=C(O)C1=C(NCc2ccccc2)CCOC1. The molecule has 0 saturated carbocycles. The smallest absolute Gasteiger partial charge is 0.335 e. The van der Waals surface area contributed by atoms with Gasteiger partial charge in [0.15, 0.2) is 0 Å². The molecule has 0 aromatic heterocycles. The molecule has 0 amide bonds. The van der Waals surface area contributed by atoms with Crippen molar-refractivity contribution < 1.29 is 14.6 Å². The predicted molar refractivity (Wildman–Crippen MR) is 63.4 cm³/mol. The Morgan fingerprint density at radius 3 is 2.82 bits per heavy atom. The number of hydrogen-bond donors (Lipinski definition) is 2. The average molecular weight is 233 g/mol. The summed E-state index contributed by atoms with van der Waals surface area (Å²) < 4.78 is 5.15. The molecule has 1 aromatic carbocycles. The largest absolute Gasteiger partial charge is 0.478 e. The molecule has 4 nitrogen and oxygen atoms in total. The molecule has 1 heterocycles. The Morgan fingerprint density at radius 2 is 2.12 bits per heavy atom. The van der Waals surface area contributed by atoms with Gasteiger partial charge in [0.1, 0.15) is 0 Å². The Morgan fingerprint density at radius 1 is 1.35 bits per heavy atom. The molecule has 4 heteroatoms. The number of aliphatic carboxylic acids is 1. The van der Waals surface area contributed by atoms with Gasteiger partial charge >= 0.3 is 5.97 Å². The van der Waals surface area contributed by atoms with Crippen molar-refractivity contribution in [2.24, 2.45) is 0 Å². The molecule has 90 valence electrons. The van der Waals surface area contributed by atoms with Gasteiger partial charge in [-0.15, -0.1) is 0 Å². The second-order valence-electron chi connectivity index (χ2n) is 3.90. The second kappa shape index (κ2) is 5.50. The van der Waals surface area contributed by atoms with E-state index in [0.717, 1.165) is 11.3 Å². The fourth-order valence-corrected chi connectivity index (χ4v) is 1.78. The lowest BCUT2D eigenvalue weighted by atomic mass is 10.1. The molecule has 0 unspecified atom stereocenters. The molecule has 0 bridgehead atoms. The van der Waals surface area contributed by atoms with Crippen molar-refractivity contribution in [3.05, 3.63) is 47.2 Å². The van der Waals surface area contributed by atoms with Crippen LogP contribution in [0.4, 0.5) is 0 Å². The van der Waals surface area contributed by atoms with E-state index in [2.05, 4.69) is 5.32 Å². The van der Waals surface area contributed by atoms with Crippen LogP contribution in [0.1, 0.15) is 12.0 Å². The Balaban J connectivity index is 2.04. The summed E-state index contributed by atoms with van der Waals surface area (Å²) in [7, 11) is 0. The first-order valence-corrected chi connectivity index (χ1v) is 5.58. The summed E-state index contributed by atoms with van der Waals surface area (Å²) in [5, 5.41) is 12.2. The lowest BCUT2D eigenvalue weighted by Gasteiger charge is -2.19. The van der Waals surface area contributed by atoms with Gasteiger partial charge in [0, 0.05) is 18.7 Å². The minimum atomic E-state index is -0.903. The lowest BCUT2D eigenvalue weighted by molar-refractivity contribution is -0.133. The van der Waals surface area contributed by atoms with Gasteiger partial charge < -0.3 is 15.2 Å². The van der Waals surface area contributed by atoms with Crippen LogP contribution in [0.15, 0.2) is 41.6 Å². The summed E-state index contributed by atoms with van der Waals surface area (Å²) in [6.45, 7) is 1.41. The third-order valence-corrected chi connectivity index (χ3v) is 2.71. The molecule has 1 aromatic rings. The maximum atomic E-state index is 11.0. The number of carboxylic acid groups (broad SMARTS) is 1. The number of benzene rings is 1. The van der Waals surface area contributed by atoms with E-state index in [1.54, 1.807) is 0 Å². The molecule has 0 fully saturated rings. The van der Waals surface area contributed by atoms with Crippen LogP contribution >= 0.6 is 0 Å². The van der Waals surface area contributed by atoms with Crippen molar-refractivity contribution in [1.82, 2.24) is 5.32 Å². The number of nitrogens with one attached hydrogen (secondary N) is 1. The van der Waals surface area contributed by atoms with Crippen molar-refractivity contribution in [3.63, 3.8) is 0 Å². The summed E-state index contributed by atoms with van der Waals surface area (Å²) in [6.07, 6.45) is 0.633. The minimum Gasteiger partial charge on any atom is -0.478 e. The second-order valence-corrected chi connectivity index (χ2v) is 3.90. The molecule has 0 spiro atoms. The Hall–Kier alpha value is -1.81. The third-order valence-electron chi connectivity index (χ3n) is 2.71. The Kier molecular flexibility index (Phi) is 3.77. The van der Waals surface area contributed by atoms with Crippen LogP contribution in [0.25, 0.3) is 0 Å². The van der Waals surface area contributed by atoms with Crippen LogP contribution in [-0.4, -0.2) is 24.3 Å². The molecule has 0 aliphatic carbocycles. The van der Waals surface area contributed by atoms with Crippen molar-refractivity contribution in [2.75, 3.05) is 13.2 Å². The first-order valence-electron chi connectivity index (χ1n) is 5.58. The fraction of sp³-hybridized carbons (Fsp3) is 0.308. The van der Waals surface area contributed by atoms with Crippen LogP contribution < -0.4 is 5.32 Å². The van der Waals surface area contributed by atoms with E-state index in [4.69, 9.17) is 9.84 Å². The topological polar surface area (TPSA) is 58.6 Å². The molecule has 2 rings (SSSR count). The minimum absolute atomic E-state index is 0.187. The van der Waals surface area contributed by atoms with Crippen molar-refractivity contribution in [1.29, 1.82) is 0 Å². The molecule has 17 heavy (non-hydrogen) atoms. The number of carboxylic acids is 1. The number of carbonyl (C=O) groups is 1. The van der Waals surface area contributed by atoms with Crippen LogP contribution in [0.3, 0.4) is 0 Å². The normalized spacial score (nSPS) is 15.8. The van der Waals surface area contributed by atoms with E-state index < -0.39 is 5.97 Å². The van der Waals surface area contributed by atoms with E-state index in [1.807, 2.05) is 30.3 Å². The van der Waals surface area contributed by atoms with Gasteiger partial charge in [-0.1, -0.05) is 30.3 Å². The molecule has 0 radical (unpaired) electrons. The summed E-state index contributed by atoms with van der Waals surface area (Å²) in [5.74, 6) is -0.903.